The number of hydrogen-bond acceptors (Lipinski definition) is 4. The van der Waals surface area contributed by atoms with Crippen LogP contribution in [0.4, 0.5) is 14.5 Å². The molecule has 1 saturated heterocycles. The maximum Gasteiger partial charge on any atom is 0.268 e. The Hall–Kier alpha value is -2.45. The van der Waals surface area contributed by atoms with Gasteiger partial charge in [0.05, 0.1) is 10.4 Å². The first kappa shape index (κ1) is 17.9. The second-order valence-electron chi connectivity index (χ2n) is 6.44. The van der Waals surface area contributed by atoms with Crippen LogP contribution in [0.1, 0.15) is 12.0 Å². The SMILES string of the molecule is O=S(=O)(c1ccccc1)n1cc(C(F)F)c2cc(N3CCNCC3)ccc21. The number of anilines is 1. The van der Waals surface area contributed by atoms with Crippen molar-refractivity contribution in [3.05, 3.63) is 60.3 Å². The summed E-state index contributed by atoms with van der Waals surface area (Å²) in [5, 5.41) is 3.51. The Balaban J connectivity index is 1.87. The molecule has 0 amide bonds. The normalized spacial score (nSPS) is 15.6. The van der Waals surface area contributed by atoms with Crippen LogP contribution < -0.4 is 10.2 Å². The highest BCUT2D eigenvalue weighted by Gasteiger charge is 2.25. The average Bonchev–Trinajstić information content (AvgIpc) is 3.09. The molecule has 1 N–H and O–H groups in total. The van der Waals surface area contributed by atoms with Crippen molar-refractivity contribution in [2.24, 2.45) is 0 Å². The lowest BCUT2D eigenvalue weighted by Gasteiger charge is -2.29. The molecule has 0 spiro atoms. The first-order chi connectivity index (χ1) is 13.0. The van der Waals surface area contributed by atoms with Gasteiger partial charge in [0.2, 0.25) is 0 Å². The van der Waals surface area contributed by atoms with Crippen LogP contribution in [-0.2, 0) is 10.0 Å². The van der Waals surface area contributed by atoms with Gasteiger partial charge in [0.25, 0.3) is 16.4 Å². The van der Waals surface area contributed by atoms with Crippen molar-refractivity contribution in [2.75, 3.05) is 31.1 Å². The summed E-state index contributed by atoms with van der Waals surface area (Å²) in [7, 11) is -3.96. The number of halogens is 2. The number of alkyl halides is 2. The van der Waals surface area contributed by atoms with Crippen molar-refractivity contribution in [2.45, 2.75) is 11.3 Å². The zero-order chi connectivity index (χ0) is 19.0. The molecule has 1 aliphatic rings. The summed E-state index contributed by atoms with van der Waals surface area (Å²) in [4.78, 5) is 2.17. The Bertz CT molecular complexity index is 1060. The summed E-state index contributed by atoms with van der Waals surface area (Å²) in [5.74, 6) is 0. The zero-order valence-electron chi connectivity index (χ0n) is 14.5. The molecule has 0 atom stereocenters. The molecule has 0 radical (unpaired) electrons. The van der Waals surface area contributed by atoms with Crippen molar-refractivity contribution < 1.29 is 17.2 Å². The molecule has 8 heteroatoms. The minimum Gasteiger partial charge on any atom is -0.369 e. The number of aromatic nitrogens is 1. The number of benzene rings is 2. The Labute approximate surface area is 156 Å². The van der Waals surface area contributed by atoms with Gasteiger partial charge in [0.1, 0.15) is 0 Å². The van der Waals surface area contributed by atoms with Gasteiger partial charge in [-0.25, -0.2) is 21.2 Å². The standard InChI is InChI=1S/C19H19F2N3O2S/c20-19(21)17-13-24(27(25,26)15-4-2-1-3-5-15)18-7-6-14(12-16(17)18)23-10-8-22-9-11-23/h1-7,12-13,19,22H,8-11H2. The fourth-order valence-corrected chi connectivity index (χ4v) is 4.81. The largest absolute Gasteiger partial charge is 0.369 e. The molecule has 2 heterocycles. The van der Waals surface area contributed by atoms with Crippen LogP contribution in [0.25, 0.3) is 10.9 Å². The summed E-state index contributed by atoms with van der Waals surface area (Å²) in [6.07, 6.45) is -1.72. The van der Waals surface area contributed by atoms with E-state index in [1.807, 2.05) is 0 Å². The van der Waals surface area contributed by atoms with Gasteiger partial charge in [0.15, 0.2) is 0 Å². The third-order valence-corrected chi connectivity index (χ3v) is 6.49. The molecule has 1 fully saturated rings. The van der Waals surface area contributed by atoms with Crippen LogP contribution in [0.2, 0.25) is 0 Å². The van der Waals surface area contributed by atoms with E-state index < -0.39 is 16.4 Å². The van der Waals surface area contributed by atoms with Gasteiger partial charge in [0, 0.05) is 49.0 Å². The molecule has 0 bridgehead atoms. The van der Waals surface area contributed by atoms with E-state index in [2.05, 4.69) is 10.2 Å². The highest BCUT2D eigenvalue weighted by atomic mass is 32.2. The Kier molecular flexibility index (Phi) is 4.61. The van der Waals surface area contributed by atoms with E-state index in [1.54, 1.807) is 36.4 Å². The van der Waals surface area contributed by atoms with Gasteiger partial charge in [-0.1, -0.05) is 18.2 Å². The van der Waals surface area contributed by atoms with Crippen LogP contribution in [0, 0.1) is 0 Å². The Morgan fingerprint density at radius 2 is 1.70 bits per heavy atom. The molecule has 0 saturated carbocycles. The van der Waals surface area contributed by atoms with Crippen LogP contribution in [0.3, 0.4) is 0 Å². The number of nitrogens with zero attached hydrogens (tertiary/aromatic N) is 2. The molecule has 2 aromatic carbocycles. The molecule has 27 heavy (non-hydrogen) atoms. The Morgan fingerprint density at radius 1 is 1.00 bits per heavy atom. The van der Waals surface area contributed by atoms with Gasteiger partial charge in [-0.05, 0) is 30.3 Å². The van der Waals surface area contributed by atoms with E-state index in [0.29, 0.717) is 0 Å². The lowest BCUT2D eigenvalue weighted by atomic mass is 10.1. The minimum absolute atomic E-state index is 0.0638. The van der Waals surface area contributed by atoms with Gasteiger partial charge < -0.3 is 10.2 Å². The van der Waals surface area contributed by atoms with Gasteiger partial charge in [-0.15, -0.1) is 0 Å². The molecule has 4 rings (SSSR count). The summed E-state index contributed by atoms with van der Waals surface area (Å²) in [6, 6.07) is 12.9. The monoisotopic (exact) mass is 391 g/mol. The lowest BCUT2D eigenvalue weighted by molar-refractivity contribution is 0.153. The second-order valence-corrected chi connectivity index (χ2v) is 8.25. The summed E-state index contributed by atoms with van der Waals surface area (Å²) < 4.78 is 54.2. The zero-order valence-corrected chi connectivity index (χ0v) is 15.3. The molecule has 0 unspecified atom stereocenters. The van der Waals surface area contributed by atoms with E-state index >= 15 is 0 Å². The number of piperazine rings is 1. The summed E-state index contributed by atoms with van der Waals surface area (Å²) in [6.45, 7) is 3.20. The van der Waals surface area contributed by atoms with Crippen molar-refractivity contribution in [1.82, 2.24) is 9.29 Å². The first-order valence-electron chi connectivity index (χ1n) is 8.68. The Morgan fingerprint density at radius 3 is 2.37 bits per heavy atom. The van der Waals surface area contributed by atoms with Gasteiger partial charge in [-0.3, -0.25) is 0 Å². The molecule has 1 aromatic heterocycles. The van der Waals surface area contributed by atoms with Gasteiger partial charge >= 0.3 is 0 Å². The van der Waals surface area contributed by atoms with Gasteiger partial charge in [-0.2, -0.15) is 0 Å². The predicted octanol–water partition coefficient (Wildman–Crippen LogP) is 3.23. The van der Waals surface area contributed by atoms with E-state index in [-0.39, 0.29) is 21.4 Å². The van der Waals surface area contributed by atoms with Crippen molar-refractivity contribution in [3.8, 4) is 0 Å². The maximum absolute atomic E-state index is 13.6. The third-order valence-electron chi connectivity index (χ3n) is 4.80. The summed E-state index contributed by atoms with van der Waals surface area (Å²) in [5.41, 5.74) is 0.801. The highest BCUT2D eigenvalue weighted by molar-refractivity contribution is 7.90. The first-order valence-corrected chi connectivity index (χ1v) is 10.1. The summed E-state index contributed by atoms with van der Waals surface area (Å²) >= 11 is 0. The maximum atomic E-state index is 13.6. The number of rotatable bonds is 4. The van der Waals surface area contributed by atoms with Crippen LogP contribution in [-0.4, -0.2) is 38.6 Å². The average molecular weight is 391 g/mol. The molecule has 0 aliphatic carbocycles. The molecule has 1 aliphatic heterocycles. The molecule has 142 valence electrons. The quantitative estimate of drug-likeness (QED) is 0.742. The van der Waals surface area contributed by atoms with E-state index in [4.69, 9.17) is 0 Å². The fourth-order valence-electron chi connectivity index (χ4n) is 3.41. The third kappa shape index (κ3) is 3.19. The van der Waals surface area contributed by atoms with Crippen molar-refractivity contribution >= 4 is 26.6 Å². The van der Waals surface area contributed by atoms with E-state index in [0.717, 1.165) is 42.0 Å². The van der Waals surface area contributed by atoms with E-state index in [1.165, 1.54) is 12.1 Å². The second kappa shape index (κ2) is 6.94. The molecule has 5 nitrogen and oxygen atoms in total. The number of nitrogens with one attached hydrogen (secondary N) is 1. The smallest absolute Gasteiger partial charge is 0.268 e. The van der Waals surface area contributed by atoms with Crippen LogP contribution in [0.15, 0.2) is 59.6 Å². The van der Waals surface area contributed by atoms with Crippen LogP contribution in [0.5, 0.6) is 0 Å². The highest BCUT2D eigenvalue weighted by Crippen LogP contribution is 2.34. The number of hydrogen-bond donors (Lipinski definition) is 1. The lowest BCUT2D eigenvalue weighted by Crippen LogP contribution is -2.43. The molecular formula is C19H19F2N3O2S. The fraction of sp³-hybridized carbons (Fsp3) is 0.263. The van der Waals surface area contributed by atoms with Crippen molar-refractivity contribution in [3.63, 3.8) is 0 Å². The van der Waals surface area contributed by atoms with Crippen LogP contribution >= 0.6 is 0 Å². The van der Waals surface area contributed by atoms with E-state index in [9.17, 15) is 17.2 Å². The molecular weight excluding hydrogens is 372 g/mol. The molecule has 3 aromatic rings. The predicted molar refractivity (Wildman–Crippen MR) is 101 cm³/mol. The topological polar surface area (TPSA) is 54.3 Å². The minimum atomic E-state index is -3.96. The van der Waals surface area contributed by atoms with Crippen molar-refractivity contribution in [1.29, 1.82) is 0 Å². The number of fused-ring (bicyclic) bond motifs is 1.